The van der Waals surface area contributed by atoms with Crippen molar-refractivity contribution in [3.63, 3.8) is 0 Å². The smallest absolute Gasteiger partial charge is 0.243 e. The Morgan fingerprint density at radius 3 is 2.68 bits per heavy atom. The van der Waals surface area contributed by atoms with E-state index in [0.717, 1.165) is 45.8 Å². The number of hydrogen-bond donors (Lipinski definition) is 2. The second-order valence-corrected chi connectivity index (χ2v) is 9.28. The van der Waals surface area contributed by atoms with E-state index in [9.17, 15) is 4.79 Å². The molecule has 10 heteroatoms. The van der Waals surface area contributed by atoms with Crippen molar-refractivity contribution in [3.05, 3.63) is 21.9 Å². The van der Waals surface area contributed by atoms with Crippen molar-refractivity contribution in [3.8, 4) is 0 Å². The van der Waals surface area contributed by atoms with Crippen molar-refractivity contribution in [1.29, 1.82) is 0 Å². The van der Waals surface area contributed by atoms with Gasteiger partial charge in [-0.15, -0.1) is 35.3 Å². The van der Waals surface area contributed by atoms with Crippen LogP contribution in [0.4, 0.5) is 0 Å². The number of thiophene rings is 1. The minimum Gasteiger partial charge on any atom is -0.379 e. The van der Waals surface area contributed by atoms with E-state index in [2.05, 4.69) is 39.6 Å². The van der Waals surface area contributed by atoms with Gasteiger partial charge in [0.1, 0.15) is 6.54 Å². The fourth-order valence-corrected chi connectivity index (χ4v) is 4.62. The summed E-state index contributed by atoms with van der Waals surface area (Å²) >= 11 is 1.83. The molecular formula is C21H36IN5O3S. The molecule has 31 heavy (non-hydrogen) atoms. The molecule has 8 nitrogen and oxygen atoms in total. The predicted molar refractivity (Wildman–Crippen MR) is 136 cm³/mol. The van der Waals surface area contributed by atoms with E-state index in [4.69, 9.17) is 9.47 Å². The number of aryl methyl sites for hydroxylation is 1. The fraction of sp³-hybridized carbons (Fsp3) is 0.714. The average molecular weight is 566 g/mol. The summed E-state index contributed by atoms with van der Waals surface area (Å²) in [5.41, 5.74) is 0. The van der Waals surface area contributed by atoms with E-state index in [1.807, 2.05) is 11.3 Å². The van der Waals surface area contributed by atoms with E-state index in [-0.39, 0.29) is 48.6 Å². The number of rotatable bonds is 8. The molecule has 176 valence electrons. The van der Waals surface area contributed by atoms with Crippen molar-refractivity contribution in [2.75, 3.05) is 66.6 Å². The van der Waals surface area contributed by atoms with Crippen LogP contribution in [0.1, 0.15) is 28.6 Å². The first-order valence-electron chi connectivity index (χ1n) is 10.7. The first-order chi connectivity index (χ1) is 14.5. The molecule has 2 aliphatic heterocycles. The van der Waals surface area contributed by atoms with Crippen molar-refractivity contribution in [1.82, 2.24) is 20.4 Å². The SMILES string of the molecule is Cc1ccc(C(CNC(=NCC(=O)N(C)C)NCC2CCCO2)N2CCOCC2)s1.I. The van der Waals surface area contributed by atoms with Gasteiger partial charge in [0.25, 0.3) is 0 Å². The molecule has 0 bridgehead atoms. The lowest BCUT2D eigenvalue weighted by Crippen LogP contribution is -2.47. The van der Waals surface area contributed by atoms with Crippen LogP contribution in [0.2, 0.25) is 0 Å². The molecular weight excluding hydrogens is 529 g/mol. The van der Waals surface area contributed by atoms with Gasteiger partial charge in [0.15, 0.2) is 5.96 Å². The van der Waals surface area contributed by atoms with Gasteiger partial charge in [0.2, 0.25) is 5.91 Å². The molecule has 1 amide bonds. The molecule has 2 saturated heterocycles. The van der Waals surface area contributed by atoms with Crippen LogP contribution < -0.4 is 10.6 Å². The van der Waals surface area contributed by atoms with E-state index in [0.29, 0.717) is 19.0 Å². The summed E-state index contributed by atoms with van der Waals surface area (Å²) in [6.45, 7) is 7.84. The number of carbonyl (C=O) groups excluding carboxylic acids is 1. The highest BCUT2D eigenvalue weighted by Gasteiger charge is 2.24. The summed E-state index contributed by atoms with van der Waals surface area (Å²) in [4.78, 5) is 23.2. The predicted octanol–water partition coefficient (Wildman–Crippen LogP) is 1.85. The Hall–Kier alpha value is -0.950. The number of nitrogens with one attached hydrogen (secondary N) is 2. The van der Waals surface area contributed by atoms with Gasteiger partial charge >= 0.3 is 0 Å². The maximum atomic E-state index is 12.0. The van der Waals surface area contributed by atoms with E-state index in [1.165, 1.54) is 9.75 Å². The number of carbonyl (C=O) groups is 1. The highest BCUT2D eigenvalue weighted by Crippen LogP contribution is 2.27. The third-order valence-electron chi connectivity index (χ3n) is 5.43. The second-order valence-electron chi connectivity index (χ2n) is 7.96. The Morgan fingerprint density at radius 1 is 1.29 bits per heavy atom. The van der Waals surface area contributed by atoms with Gasteiger partial charge < -0.3 is 25.0 Å². The summed E-state index contributed by atoms with van der Waals surface area (Å²) in [5.74, 6) is 0.638. The number of likely N-dealkylation sites (N-methyl/N-ethyl adjacent to an activating group) is 1. The molecule has 3 rings (SSSR count). The van der Waals surface area contributed by atoms with Gasteiger partial charge in [-0.3, -0.25) is 9.69 Å². The second kappa shape index (κ2) is 13.6. The van der Waals surface area contributed by atoms with Crippen LogP contribution in [0, 0.1) is 6.92 Å². The minimum absolute atomic E-state index is 0. The lowest BCUT2D eigenvalue weighted by molar-refractivity contribution is -0.127. The number of amides is 1. The summed E-state index contributed by atoms with van der Waals surface area (Å²) < 4.78 is 11.3. The van der Waals surface area contributed by atoms with Gasteiger partial charge in [-0.2, -0.15) is 0 Å². The average Bonchev–Trinajstić information content (AvgIpc) is 3.42. The van der Waals surface area contributed by atoms with E-state index in [1.54, 1.807) is 19.0 Å². The topological polar surface area (TPSA) is 78.4 Å². The Kier molecular flexibility index (Phi) is 11.5. The Balaban J connectivity index is 0.00000341. The zero-order chi connectivity index (χ0) is 21.3. The van der Waals surface area contributed by atoms with Crippen LogP contribution in [0.3, 0.4) is 0 Å². The minimum atomic E-state index is -0.0215. The van der Waals surface area contributed by atoms with Crippen LogP contribution in [-0.4, -0.2) is 94.4 Å². The van der Waals surface area contributed by atoms with Crippen molar-refractivity contribution < 1.29 is 14.3 Å². The van der Waals surface area contributed by atoms with Gasteiger partial charge in [-0.1, -0.05) is 0 Å². The summed E-state index contributed by atoms with van der Waals surface area (Å²) in [6, 6.07) is 4.63. The quantitative estimate of drug-likeness (QED) is 0.285. The third kappa shape index (κ3) is 8.49. The van der Waals surface area contributed by atoms with Crippen LogP contribution in [-0.2, 0) is 14.3 Å². The van der Waals surface area contributed by atoms with Gasteiger partial charge in [0.05, 0.1) is 25.4 Å². The summed E-state index contributed by atoms with van der Waals surface area (Å²) in [7, 11) is 3.50. The summed E-state index contributed by atoms with van der Waals surface area (Å²) in [5, 5.41) is 6.85. The number of morpholine rings is 1. The Labute approximate surface area is 206 Å². The number of aliphatic imine (C=N–C) groups is 1. The van der Waals surface area contributed by atoms with Gasteiger partial charge in [-0.05, 0) is 31.9 Å². The number of ether oxygens (including phenoxy) is 2. The largest absolute Gasteiger partial charge is 0.379 e. The Morgan fingerprint density at radius 2 is 2.06 bits per heavy atom. The van der Waals surface area contributed by atoms with Crippen LogP contribution in [0.15, 0.2) is 17.1 Å². The molecule has 2 unspecified atom stereocenters. The zero-order valence-corrected chi connectivity index (χ0v) is 21.9. The number of halogens is 1. The highest BCUT2D eigenvalue weighted by atomic mass is 127. The lowest BCUT2D eigenvalue weighted by atomic mass is 10.2. The zero-order valence-electron chi connectivity index (χ0n) is 18.8. The van der Waals surface area contributed by atoms with E-state index < -0.39 is 0 Å². The monoisotopic (exact) mass is 565 g/mol. The molecule has 1 aromatic rings. The molecule has 0 spiro atoms. The van der Waals surface area contributed by atoms with Crippen LogP contribution >= 0.6 is 35.3 Å². The van der Waals surface area contributed by atoms with Crippen molar-refractivity contribution in [2.45, 2.75) is 31.9 Å². The first-order valence-corrected chi connectivity index (χ1v) is 11.6. The molecule has 0 aromatic carbocycles. The number of hydrogen-bond acceptors (Lipinski definition) is 6. The lowest BCUT2D eigenvalue weighted by Gasteiger charge is -2.34. The maximum Gasteiger partial charge on any atom is 0.243 e. The van der Waals surface area contributed by atoms with E-state index >= 15 is 0 Å². The molecule has 2 N–H and O–H groups in total. The molecule has 0 saturated carbocycles. The fourth-order valence-electron chi connectivity index (χ4n) is 3.60. The molecule has 0 radical (unpaired) electrons. The third-order valence-corrected chi connectivity index (χ3v) is 6.53. The van der Waals surface area contributed by atoms with Gasteiger partial charge in [0, 0.05) is 56.6 Å². The molecule has 2 aliphatic rings. The van der Waals surface area contributed by atoms with Crippen molar-refractivity contribution >= 4 is 47.2 Å². The van der Waals surface area contributed by atoms with Gasteiger partial charge in [-0.25, -0.2) is 4.99 Å². The first kappa shape index (κ1) is 26.3. The molecule has 2 fully saturated rings. The standard InChI is InChI=1S/C21H35N5O3S.HI/c1-16-6-7-19(30-16)18(26-8-11-28-12-9-26)14-23-21(24-15-20(27)25(2)3)22-13-17-5-4-10-29-17;/h6-7,17-18H,4-5,8-15H2,1-3H3,(H2,22,23,24);1H. The molecule has 2 atom stereocenters. The molecule has 1 aromatic heterocycles. The molecule has 0 aliphatic carbocycles. The summed E-state index contributed by atoms with van der Waals surface area (Å²) in [6.07, 6.45) is 2.36. The normalized spacial score (nSPS) is 20.7. The Bertz CT molecular complexity index is 703. The van der Waals surface area contributed by atoms with Crippen LogP contribution in [0.25, 0.3) is 0 Å². The maximum absolute atomic E-state index is 12.0. The number of guanidine groups is 1. The molecule has 3 heterocycles. The van der Waals surface area contributed by atoms with Crippen molar-refractivity contribution in [2.24, 2.45) is 4.99 Å². The highest BCUT2D eigenvalue weighted by molar-refractivity contribution is 14.0. The number of nitrogens with zero attached hydrogens (tertiary/aromatic N) is 3. The van der Waals surface area contributed by atoms with Crippen LogP contribution in [0.5, 0.6) is 0 Å².